The van der Waals surface area contributed by atoms with Crippen molar-refractivity contribution >= 4 is 41.5 Å². The minimum Gasteiger partial charge on any atom is -0.492 e. The van der Waals surface area contributed by atoms with E-state index in [4.69, 9.17) is 4.74 Å². The van der Waals surface area contributed by atoms with Gasteiger partial charge >= 0.3 is 0 Å². The van der Waals surface area contributed by atoms with Crippen molar-refractivity contribution in [1.29, 1.82) is 0 Å². The zero-order valence-corrected chi connectivity index (χ0v) is 21.3. The van der Waals surface area contributed by atoms with E-state index in [0.717, 1.165) is 23.5 Å². The summed E-state index contributed by atoms with van der Waals surface area (Å²) in [4.78, 5) is 16.8. The number of hydrogen-bond donors (Lipinski definition) is 3. The number of aromatic nitrogens is 2. The molecule has 0 atom stereocenters. The fourth-order valence-electron chi connectivity index (χ4n) is 2.97. The second kappa shape index (κ2) is 14.1. The van der Waals surface area contributed by atoms with Gasteiger partial charge in [0, 0.05) is 24.6 Å². The lowest BCUT2D eigenvalue weighted by Crippen LogP contribution is -2.39. The van der Waals surface area contributed by atoms with E-state index in [1.54, 1.807) is 23.1 Å². The average molecular weight is 562 g/mol. The minimum absolute atomic E-state index is 0. The highest BCUT2D eigenvalue weighted by Gasteiger charge is 2.05. The van der Waals surface area contributed by atoms with Gasteiger partial charge in [-0.1, -0.05) is 29.8 Å². The lowest BCUT2D eigenvalue weighted by atomic mass is 10.2. The van der Waals surface area contributed by atoms with Crippen molar-refractivity contribution in [3.63, 3.8) is 0 Å². The van der Waals surface area contributed by atoms with Crippen LogP contribution in [0.1, 0.15) is 18.1 Å². The number of rotatable bonds is 10. The van der Waals surface area contributed by atoms with Crippen LogP contribution in [0, 0.1) is 6.92 Å². The van der Waals surface area contributed by atoms with Crippen LogP contribution in [-0.4, -0.2) is 41.3 Å². The topological polar surface area (TPSA) is 92.6 Å². The normalized spacial score (nSPS) is 10.8. The zero-order valence-electron chi connectivity index (χ0n) is 19.0. The Balaban J connectivity index is 0.00000385. The van der Waals surface area contributed by atoms with Crippen LogP contribution in [0.5, 0.6) is 5.75 Å². The molecular weight excluding hydrogens is 531 g/mol. The first-order valence-electron chi connectivity index (χ1n) is 10.7. The first-order chi connectivity index (χ1) is 15.6. The van der Waals surface area contributed by atoms with Crippen LogP contribution in [-0.2, 0) is 17.9 Å². The Morgan fingerprint density at radius 1 is 1.12 bits per heavy atom. The van der Waals surface area contributed by atoms with E-state index in [2.05, 4.69) is 33.0 Å². The summed E-state index contributed by atoms with van der Waals surface area (Å²) in [5, 5.41) is 13.5. The Morgan fingerprint density at radius 2 is 1.94 bits per heavy atom. The molecule has 1 aromatic heterocycles. The fraction of sp³-hybridized carbons (Fsp3) is 0.292. The number of hydrogen-bond acceptors (Lipinski definition) is 4. The minimum atomic E-state index is -0.127. The molecule has 2 aromatic carbocycles. The van der Waals surface area contributed by atoms with E-state index in [0.29, 0.717) is 25.7 Å². The number of aliphatic imine (C=N–C) groups is 1. The predicted molar refractivity (Wildman–Crippen MR) is 142 cm³/mol. The number of guanidine groups is 1. The molecule has 1 amide bonds. The summed E-state index contributed by atoms with van der Waals surface area (Å²) in [5.74, 6) is 1.44. The maximum absolute atomic E-state index is 12.2. The molecule has 0 saturated carbocycles. The number of nitrogens with zero attached hydrogens (tertiary/aromatic N) is 3. The largest absolute Gasteiger partial charge is 0.492 e. The van der Waals surface area contributed by atoms with Crippen LogP contribution in [0.2, 0.25) is 0 Å². The molecule has 0 fully saturated rings. The summed E-state index contributed by atoms with van der Waals surface area (Å²) >= 11 is 0. The summed E-state index contributed by atoms with van der Waals surface area (Å²) in [6.45, 7) is 6.65. The Labute approximate surface area is 211 Å². The molecule has 0 aliphatic carbocycles. The standard InChI is InChI=1S/C24H30N6O2.HI/c1-3-25-24(26-13-15-32-22-10-8-19(2)9-11-22)27-17-20-6-4-7-21(16-20)29-23(31)18-30-14-5-12-28-30;/h4-12,14,16H,3,13,15,17-18H2,1-2H3,(H,29,31)(H2,25,26,27);1H. The van der Waals surface area contributed by atoms with E-state index in [9.17, 15) is 4.79 Å². The summed E-state index contributed by atoms with van der Waals surface area (Å²) in [6, 6.07) is 17.5. The molecule has 0 spiro atoms. The van der Waals surface area contributed by atoms with Gasteiger partial charge in [0.15, 0.2) is 5.96 Å². The molecule has 0 radical (unpaired) electrons. The average Bonchev–Trinajstić information content (AvgIpc) is 3.29. The van der Waals surface area contributed by atoms with Crippen molar-refractivity contribution in [2.24, 2.45) is 4.99 Å². The van der Waals surface area contributed by atoms with Crippen molar-refractivity contribution in [1.82, 2.24) is 20.4 Å². The summed E-state index contributed by atoms with van der Waals surface area (Å²) in [7, 11) is 0. The third kappa shape index (κ3) is 9.52. The summed E-state index contributed by atoms with van der Waals surface area (Å²) in [6.07, 6.45) is 3.41. The molecule has 33 heavy (non-hydrogen) atoms. The van der Waals surface area contributed by atoms with Gasteiger partial charge in [-0.25, -0.2) is 4.99 Å². The van der Waals surface area contributed by atoms with Gasteiger partial charge in [-0.15, -0.1) is 24.0 Å². The second-order valence-electron chi connectivity index (χ2n) is 7.24. The third-order valence-corrected chi connectivity index (χ3v) is 4.52. The van der Waals surface area contributed by atoms with Gasteiger partial charge in [-0.3, -0.25) is 9.48 Å². The highest BCUT2D eigenvalue weighted by atomic mass is 127. The van der Waals surface area contributed by atoms with Gasteiger partial charge in [-0.05, 0) is 49.7 Å². The highest BCUT2D eigenvalue weighted by Crippen LogP contribution is 2.12. The SMILES string of the molecule is CCNC(=NCc1cccc(NC(=O)Cn2cccn2)c1)NCCOc1ccc(C)cc1.I. The number of carbonyl (C=O) groups excluding carboxylic acids is 1. The van der Waals surface area contributed by atoms with Crippen LogP contribution in [0.4, 0.5) is 5.69 Å². The Morgan fingerprint density at radius 3 is 2.67 bits per heavy atom. The van der Waals surface area contributed by atoms with E-state index in [1.807, 2.05) is 55.5 Å². The van der Waals surface area contributed by atoms with Crippen LogP contribution in [0.25, 0.3) is 0 Å². The van der Waals surface area contributed by atoms with Crippen LogP contribution >= 0.6 is 24.0 Å². The van der Waals surface area contributed by atoms with Gasteiger partial charge in [0.1, 0.15) is 18.9 Å². The van der Waals surface area contributed by atoms with E-state index in [-0.39, 0.29) is 36.4 Å². The van der Waals surface area contributed by atoms with Crippen molar-refractivity contribution in [2.75, 3.05) is 25.0 Å². The van der Waals surface area contributed by atoms with Crippen molar-refractivity contribution in [3.8, 4) is 5.75 Å². The molecule has 8 nitrogen and oxygen atoms in total. The van der Waals surface area contributed by atoms with Crippen molar-refractivity contribution < 1.29 is 9.53 Å². The van der Waals surface area contributed by atoms with Gasteiger partial charge in [-0.2, -0.15) is 5.10 Å². The van der Waals surface area contributed by atoms with Gasteiger partial charge in [0.25, 0.3) is 0 Å². The first kappa shape index (κ1) is 26.2. The summed E-state index contributed by atoms with van der Waals surface area (Å²) < 4.78 is 7.33. The van der Waals surface area contributed by atoms with E-state index in [1.165, 1.54) is 5.56 Å². The fourth-order valence-corrected chi connectivity index (χ4v) is 2.97. The number of aryl methyl sites for hydroxylation is 1. The molecule has 3 rings (SSSR count). The monoisotopic (exact) mass is 562 g/mol. The molecule has 9 heteroatoms. The number of benzene rings is 2. The quantitative estimate of drug-likeness (QED) is 0.152. The van der Waals surface area contributed by atoms with Crippen LogP contribution in [0.3, 0.4) is 0 Å². The number of halogens is 1. The number of ether oxygens (including phenoxy) is 1. The zero-order chi connectivity index (χ0) is 22.6. The molecular formula is C24H31IN6O2. The van der Waals surface area contributed by atoms with Crippen molar-refractivity contribution in [2.45, 2.75) is 26.9 Å². The molecule has 176 valence electrons. The molecule has 0 aliphatic heterocycles. The second-order valence-corrected chi connectivity index (χ2v) is 7.24. The lowest BCUT2D eigenvalue weighted by Gasteiger charge is -2.12. The van der Waals surface area contributed by atoms with E-state index < -0.39 is 0 Å². The first-order valence-corrected chi connectivity index (χ1v) is 10.7. The molecule has 1 heterocycles. The molecule has 0 saturated heterocycles. The van der Waals surface area contributed by atoms with Crippen LogP contribution in [0.15, 0.2) is 72.0 Å². The Bertz CT molecular complexity index is 1010. The number of amides is 1. The molecule has 3 aromatic rings. The van der Waals surface area contributed by atoms with Gasteiger partial charge < -0.3 is 20.7 Å². The van der Waals surface area contributed by atoms with E-state index >= 15 is 0 Å². The third-order valence-electron chi connectivity index (χ3n) is 4.52. The molecule has 0 unspecified atom stereocenters. The van der Waals surface area contributed by atoms with Crippen molar-refractivity contribution in [3.05, 3.63) is 78.1 Å². The lowest BCUT2D eigenvalue weighted by molar-refractivity contribution is -0.116. The van der Waals surface area contributed by atoms with Gasteiger partial charge in [0.05, 0.1) is 13.1 Å². The number of anilines is 1. The highest BCUT2D eigenvalue weighted by molar-refractivity contribution is 14.0. The van der Waals surface area contributed by atoms with Gasteiger partial charge in [0.2, 0.25) is 5.91 Å². The molecule has 3 N–H and O–H groups in total. The Hall–Kier alpha value is -3.08. The predicted octanol–water partition coefficient (Wildman–Crippen LogP) is 3.58. The number of carbonyl (C=O) groups is 1. The molecule has 0 bridgehead atoms. The smallest absolute Gasteiger partial charge is 0.246 e. The molecule has 0 aliphatic rings. The summed E-state index contributed by atoms with van der Waals surface area (Å²) in [5.41, 5.74) is 2.94. The Kier molecular flexibility index (Phi) is 11.2. The van der Waals surface area contributed by atoms with Crippen LogP contribution < -0.4 is 20.7 Å². The maximum Gasteiger partial charge on any atom is 0.246 e. The number of nitrogens with one attached hydrogen (secondary N) is 3. The maximum atomic E-state index is 12.2.